The van der Waals surface area contributed by atoms with Gasteiger partial charge < -0.3 is 9.32 Å². The maximum Gasteiger partial charge on any atom is 0.143 e. The maximum atomic E-state index is 6.80. The maximum absolute atomic E-state index is 6.80. The molecule has 0 N–H and O–H groups in total. The first kappa shape index (κ1) is 37.6. The third-order valence-corrected chi connectivity index (χ3v) is 12.4. The van der Waals surface area contributed by atoms with Gasteiger partial charge in [0.2, 0.25) is 0 Å². The van der Waals surface area contributed by atoms with Crippen LogP contribution in [-0.2, 0) is 5.41 Å². The van der Waals surface area contributed by atoms with Crippen molar-refractivity contribution in [3.63, 3.8) is 0 Å². The van der Waals surface area contributed by atoms with E-state index in [0.29, 0.717) is 0 Å². The van der Waals surface area contributed by atoms with Gasteiger partial charge in [0, 0.05) is 38.7 Å². The number of fused-ring (bicyclic) bond motifs is 5. The van der Waals surface area contributed by atoms with Crippen molar-refractivity contribution < 1.29 is 4.42 Å². The van der Waals surface area contributed by atoms with Gasteiger partial charge in [0.1, 0.15) is 11.2 Å². The molecule has 1 aliphatic rings. The average molecular weight is 784 g/mol. The van der Waals surface area contributed by atoms with Crippen LogP contribution in [0.15, 0.2) is 217 Å². The second kappa shape index (κ2) is 15.2. The minimum atomic E-state index is -0.188. The summed E-state index contributed by atoms with van der Waals surface area (Å²) in [7, 11) is 0. The molecule has 0 atom stereocenters. The molecule has 2 heteroatoms. The summed E-state index contributed by atoms with van der Waals surface area (Å²) in [5.41, 5.74) is 17.2. The molecule has 0 amide bonds. The molecule has 0 fully saturated rings. The zero-order valence-corrected chi connectivity index (χ0v) is 34.5. The summed E-state index contributed by atoms with van der Waals surface area (Å²) in [5.74, 6) is 0. The van der Waals surface area contributed by atoms with E-state index < -0.39 is 0 Å². The summed E-state index contributed by atoms with van der Waals surface area (Å²) in [6.07, 6.45) is 10.4. The van der Waals surface area contributed by atoms with Gasteiger partial charge in [0.15, 0.2) is 0 Å². The Hall–Kier alpha value is -7.68. The van der Waals surface area contributed by atoms with Crippen LogP contribution in [0, 0.1) is 0 Å². The Kier molecular flexibility index (Phi) is 9.34. The van der Waals surface area contributed by atoms with E-state index in [1.165, 1.54) is 22.1 Å². The second-order valence-electron chi connectivity index (χ2n) is 16.3. The lowest BCUT2D eigenvalue weighted by Crippen LogP contribution is -2.20. The Balaban J connectivity index is 1.12. The van der Waals surface area contributed by atoms with Crippen LogP contribution in [0.3, 0.4) is 0 Å². The average Bonchev–Trinajstić information content (AvgIpc) is 3.80. The van der Waals surface area contributed by atoms with Crippen LogP contribution in [0.2, 0.25) is 0 Å². The Labute approximate surface area is 358 Å². The zero-order valence-electron chi connectivity index (χ0n) is 34.5. The van der Waals surface area contributed by atoms with Crippen LogP contribution in [0.25, 0.3) is 84.3 Å². The Morgan fingerprint density at radius 2 is 1.21 bits per heavy atom. The molecule has 0 spiro atoms. The molecule has 8 aromatic carbocycles. The predicted molar refractivity (Wildman–Crippen MR) is 262 cm³/mol. The van der Waals surface area contributed by atoms with Gasteiger partial charge in [-0.3, -0.25) is 0 Å². The number of rotatable bonds is 10. The van der Waals surface area contributed by atoms with Crippen molar-refractivity contribution in [3.8, 4) is 33.4 Å². The van der Waals surface area contributed by atoms with Crippen LogP contribution in [0.5, 0.6) is 0 Å². The Morgan fingerprint density at radius 3 is 1.98 bits per heavy atom. The summed E-state index contributed by atoms with van der Waals surface area (Å²) >= 11 is 0. The molecule has 0 radical (unpaired) electrons. The molecule has 0 saturated heterocycles. The Bertz CT molecular complexity index is 3280. The van der Waals surface area contributed by atoms with Gasteiger partial charge in [0.05, 0.1) is 5.69 Å². The summed E-state index contributed by atoms with van der Waals surface area (Å²) in [4.78, 5) is 2.34. The van der Waals surface area contributed by atoms with Crippen LogP contribution in [0.4, 0.5) is 11.4 Å². The lowest BCUT2D eigenvalue weighted by Gasteiger charge is -2.30. The van der Waals surface area contributed by atoms with Gasteiger partial charge in [-0.25, -0.2) is 0 Å². The lowest BCUT2D eigenvalue weighted by molar-refractivity contribution is 0.654. The van der Waals surface area contributed by atoms with Gasteiger partial charge in [-0.2, -0.15) is 0 Å². The third-order valence-electron chi connectivity index (χ3n) is 12.4. The van der Waals surface area contributed by atoms with Crippen LogP contribution < -0.4 is 4.90 Å². The molecule has 0 saturated carbocycles. The SMILES string of the molecule is C=C/C(=C\C1=Cc2ccccc2C1(C)C)N(c1ccc(-c2cccc(-c3ccc(C=C)c(C=C)c3)c2)cc1)c1ccccc1-c1cccc2c1oc1cc3ccccc3cc12. The predicted octanol–water partition coefficient (Wildman–Crippen LogP) is 16.6. The first-order valence-electron chi connectivity index (χ1n) is 20.8. The monoisotopic (exact) mass is 783 g/mol. The van der Waals surface area contributed by atoms with Crippen LogP contribution in [-0.4, -0.2) is 0 Å². The molecule has 0 unspecified atom stereocenters. The number of anilines is 2. The quantitative estimate of drug-likeness (QED) is 0.128. The molecule has 1 heterocycles. The number of furan rings is 1. The fourth-order valence-corrected chi connectivity index (χ4v) is 9.11. The summed E-state index contributed by atoms with van der Waals surface area (Å²) < 4.78 is 6.80. The number of hydrogen-bond acceptors (Lipinski definition) is 2. The van der Waals surface area contributed by atoms with Crippen molar-refractivity contribution in [3.05, 3.63) is 235 Å². The highest BCUT2D eigenvalue weighted by atomic mass is 16.3. The van der Waals surface area contributed by atoms with Gasteiger partial charge in [-0.15, -0.1) is 0 Å². The number of para-hydroxylation sites is 2. The Morgan fingerprint density at radius 1 is 0.557 bits per heavy atom. The summed E-state index contributed by atoms with van der Waals surface area (Å²) in [6.45, 7) is 17.1. The third kappa shape index (κ3) is 6.54. The van der Waals surface area contributed by atoms with E-state index in [9.17, 15) is 0 Å². The summed E-state index contributed by atoms with van der Waals surface area (Å²) in [6, 6.07) is 60.8. The zero-order chi connectivity index (χ0) is 41.7. The number of hydrogen-bond donors (Lipinski definition) is 0. The number of allylic oxidation sites excluding steroid dienone is 3. The number of nitrogens with zero attached hydrogens (tertiary/aromatic N) is 1. The first-order chi connectivity index (χ1) is 29.8. The fourth-order valence-electron chi connectivity index (χ4n) is 9.11. The van der Waals surface area contributed by atoms with E-state index in [1.807, 2.05) is 18.2 Å². The van der Waals surface area contributed by atoms with E-state index in [1.54, 1.807) is 0 Å². The van der Waals surface area contributed by atoms with Gasteiger partial charge in [-0.05, 0) is 115 Å². The molecular weight excluding hydrogens is 739 g/mol. The van der Waals surface area contributed by atoms with E-state index in [4.69, 9.17) is 4.42 Å². The van der Waals surface area contributed by atoms with E-state index in [0.717, 1.165) is 88.9 Å². The smallest absolute Gasteiger partial charge is 0.143 e. The highest BCUT2D eigenvalue weighted by Crippen LogP contribution is 2.46. The molecule has 0 bridgehead atoms. The van der Waals surface area contributed by atoms with Crippen molar-refractivity contribution in [2.75, 3.05) is 4.90 Å². The van der Waals surface area contributed by atoms with Crippen molar-refractivity contribution >= 4 is 62.3 Å². The van der Waals surface area contributed by atoms with Gasteiger partial charge in [0.25, 0.3) is 0 Å². The van der Waals surface area contributed by atoms with Crippen molar-refractivity contribution in [1.29, 1.82) is 0 Å². The van der Waals surface area contributed by atoms with Crippen molar-refractivity contribution in [2.24, 2.45) is 0 Å². The normalized spacial score (nSPS) is 13.3. The topological polar surface area (TPSA) is 16.4 Å². The largest absolute Gasteiger partial charge is 0.455 e. The highest BCUT2D eigenvalue weighted by molar-refractivity contribution is 6.14. The molecule has 1 aliphatic carbocycles. The van der Waals surface area contributed by atoms with E-state index in [2.05, 4.69) is 220 Å². The molecule has 0 aliphatic heterocycles. The molecule has 1 aromatic heterocycles. The molecule has 9 aromatic rings. The summed E-state index contributed by atoms with van der Waals surface area (Å²) in [5, 5.41) is 4.56. The lowest BCUT2D eigenvalue weighted by atomic mass is 9.81. The van der Waals surface area contributed by atoms with E-state index in [-0.39, 0.29) is 5.41 Å². The fraction of sp³-hybridized carbons (Fsp3) is 0.0508. The standard InChI is InChI=1S/C59H45NO/c1-6-39-27-28-46(33-40(39)7-2)43-21-15-20-42(34-43)41-29-31-50(32-30-41)60(49(8-3)38-48-35-47-19-11-13-25-55(47)59(48,4)5)56-26-14-12-22-51(56)52-23-16-24-53-54-36-44-17-9-10-18-45(44)37-57(54)61-58(52)53/h6-38H,1-3H2,4-5H3/b49-38+. The van der Waals surface area contributed by atoms with Crippen molar-refractivity contribution in [2.45, 2.75) is 19.3 Å². The van der Waals surface area contributed by atoms with Crippen molar-refractivity contribution in [1.82, 2.24) is 0 Å². The van der Waals surface area contributed by atoms with E-state index >= 15 is 0 Å². The molecule has 292 valence electrons. The minimum Gasteiger partial charge on any atom is -0.455 e. The molecule has 61 heavy (non-hydrogen) atoms. The first-order valence-corrected chi connectivity index (χ1v) is 20.8. The molecule has 10 rings (SSSR count). The minimum absolute atomic E-state index is 0.188. The van der Waals surface area contributed by atoms with Gasteiger partial charge >= 0.3 is 0 Å². The highest BCUT2D eigenvalue weighted by Gasteiger charge is 2.32. The molecule has 2 nitrogen and oxygen atoms in total. The van der Waals surface area contributed by atoms with Crippen LogP contribution >= 0.6 is 0 Å². The molecular formula is C59H45NO. The van der Waals surface area contributed by atoms with Crippen LogP contribution in [0.1, 0.15) is 36.1 Å². The van der Waals surface area contributed by atoms with Gasteiger partial charge in [-0.1, -0.05) is 179 Å². The number of benzene rings is 8. The second-order valence-corrected chi connectivity index (χ2v) is 16.3.